The van der Waals surface area contributed by atoms with Crippen molar-refractivity contribution in [1.82, 2.24) is 18.7 Å². The van der Waals surface area contributed by atoms with E-state index in [1.165, 1.54) is 0 Å². The Morgan fingerprint density at radius 1 is 0.478 bits per heavy atom. The monoisotopic (exact) mass is 378 g/mol. The van der Waals surface area contributed by atoms with E-state index in [2.05, 4.69) is 64.6 Å². The summed E-state index contributed by atoms with van der Waals surface area (Å²) in [7, 11) is -3.61. The molecule has 2 aliphatic rings. The van der Waals surface area contributed by atoms with E-state index in [1.807, 2.05) is 0 Å². The van der Waals surface area contributed by atoms with E-state index in [9.17, 15) is 0 Å². The smallest absolute Gasteiger partial charge is 0.0163 e. The quantitative estimate of drug-likeness (QED) is 0.697. The molecule has 0 saturated carbocycles. The van der Waals surface area contributed by atoms with Gasteiger partial charge in [0.25, 0.3) is 0 Å². The minimum absolute atomic E-state index is 1.10. The standard InChI is InChI=1S/C16H37N4P3/c1-21(2,3)17-9-13-19(14-10-17)23(7,8)20-15-11-18(12-16-20)22(4,5)6/h1,4,7,9-16H2,2-3,5-6,8H3. The van der Waals surface area contributed by atoms with Crippen molar-refractivity contribution in [2.75, 3.05) is 85.7 Å². The zero-order valence-electron chi connectivity index (χ0n) is 15.9. The van der Waals surface area contributed by atoms with Gasteiger partial charge in [0.1, 0.15) is 0 Å². The van der Waals surface area contributed by atoms with Gasteiger partial charge in [0.15, 0.2) is 0 Å². The third kappa shape index (κ3) is 4.89. The normalized spacial score (nSPS) is 24.9. The summed E-state index contributed by atoms with van der Waals surface area (Å²) < 4.78 is 10.6. The van der Waals surface area contributed by atoms with Gasteiger partial charge in [0.2, 0.25) is 0 Å². The molecular formula is C16H37N4P3. The third-order valence-electron chi connectivity index (χ3n) is 5.21. The van der Waals surface area contributed by atoms with E-state index in [0.29, 0.717) is 0 Å². The van der Waals surface area contributed by atoms with Crippen molar-refractivity contribution >= 4 is 40.2 Å². The number of rotatable bonds is 4. The van der Waals surface area contributed by atoms with Crippen LogP contribution in [-0.4, -0.2) is 123 Å². The molecule has 0 aromatic heterocycles. The highest BCUT2D eigenvalue weighted by Gasteiger charge is 2.32. The molecule has 0 aliphatic carbocycles. The first-order valence-corrected chi connectivity index (χ1v) is 16.5. The van der Waals surface area contributed by atoms with Crippen molar-refractivity contribution < 1.29 is 0 Å². The zero-order chi connectivity index (χ0) is 17.5. The topological polar surface area (TPSA) is 13.0 Å². The Morgan fingerprint density at radius 3 is 0.913 bits per heavy atom. The minimum atomic E-state index is -1.40. The summed E-state index contributed by atoms with van der Waals surface area (Å²) in [5.41, 5.74) is 0. The molecule has 4 nitrogen and oxygen atoms in total. The Kier molecular flexibility index (Phi) is 6.24. The van der Waals surface area contributed by atoms with E-state index >= 15 is 0 Å². The Labute approximate surface area is 144 Å². The molecule has 2 aliphatic heterocycles. The first-order chi connectivity index (χ1) is 10.4. The molecule has 0 amide bonds. The van der Waals surface area contributed by atoms with Crippen LogP contribution in [0.2, 0.25) is 0 Å². The summed E-state index contributed by atoms with van der Waals surface area (Å²) in [4.78, 5) is 0. The Hall–Kier alpha value is 0.740. The summed E-state index contributed by atoms with van der Waals surface area (Å²) in [5.74, 6) is 0. The molecule has 2 rings (SSSR count). The van der Waals surface area contributed by atoms with Gasteiger partial charge in [-0.2, -0.15) is 0 Å². The molecule has 0 aromatic carbocycles. The predicted octanol–water partition coefficient (Wildman–Crippen LogP) is 2.38. The van der Waals surface area contributed by atoms with Crippen LogP contribution in [0.4, 0.5) is 0 Å². The SMILES string of the molecule is C=P(C)(C)N1CCN(P(=C)(C)N2CCN(P(=C)(C)C)CC2)CC1. The first-order valence-electron chi connectivity index (χ1n) is 8.51. The van der Waals surface area contributed by atoms with Gasteiger partial charge in [-0.05, 0) is 33.3 Å². The van der Waals surface area contributed by atoms with Crippen LogP contribution >= 0.6 is 21.3 Å². The van der Waals surface area contributed by atoms with Gasteiger partial charge < -0.3 is 0 Å². The second kappa shape index (κ2) is 7.16. The van der Waals surface area contributed by atoms with Gasteiger partial charge in [0.05, 0.1) is 0 Å². The summed E-state index contributed by atoms with van der Waals surface area (Å²) >= 11 is 0. The Morgan fingerprint density at radius 2 is 0.696 bits per heavy atom. The highest BCUT2D eigenvalue weighted by molar-refractivity contribution is 7.70. The molecule has 0 aromatic rings. The second-order valence-corrected chi connectivity index (χ2v) is 19.1. The van der Waals surface area contributed by atoms with Crippen molar-refractivity contribution in [3.63, 3.8) is 0 Å². The van der Waals surface area contributed by atoms with Crippen molar-refractivity contribution in [3.8, 4) is 0 Å². The fourth-order valence-corrected chi connectivity index (χ4v) is 8.46. The van der Waals surface area contributed by atoms with E-state index < -0.39 is 21.3 Å². The summed E-state index contributed by atoms with van der Waals surface area (Å²) in [6.07, 6.45) is 13.5. The molecule has 2 heterocycles. The maximum atomic E-state index is 4.70. The molecule has 0 N–H and O–H groups in total. The molecule has 136 valence electrons. The van der Waals surface area contributed by atoms with Crippen LogP contribution in [0.15, 0.2) is 0 Å². The Bertz CT molecular complexity index is 500. The number of piperazine rings is 2. The lowest BCUT2D eigenvalue weighted by Crippen LogP contribution is -2.49. The molecular weight excluding hydrogens is 341 g/mol. The summed E-state index contributed by atoms with van der Waals surface area (Å²) in [5, 5.41) is 0. The van der Waals surface area contributed by atoms with Crippen LogP contribution in [0.3, 0.4) is 0 Å². The van der Waals surface area contributed by atoms with Gasteiger partial charge in [-0.15, -0.1) is 0 Å². The molecule has 7 heteroatoms. The lowest BCUT2D eigenvalue weighted by Gasteiger charge is -2.50. The molecule has 0 spiro atoms. The summed E-state index contributed by atoms with van der Waals surface area (Å²) in [6, 6.07) is 0. The number of nitrogens with zero attached hydrogens (tertiary/aromatic N) is 4. The van der Waals surface area contributed by atoms with E-state index in [4.69, 9.17) is 6.30 Å². The number of hydrogen-bond donors (Lipinski definition) is 0. The van der Waals surface area contributed by atoms with Gasteiger partial charge in [-0.25, -0.2) is 0 Å². The molecule has 0 atom stereocenters. The lowest BCUT2D eigenvalue weighted by atomic mass is 10.4. The highest BCUT2D eigenvalue weighted by Crippen LogP contribution is 2.52. The van der Waals surface area contributed by atoms with E-state index in [-0.39, 0.29) is 0 Å². The van der Waals surface area contributed by atoms with Crippen molar-refractivity contribution in [2.24, 2.45) is 0 Å². The highest BCUT2D eigenvalue weighted by atomic mass is 31.2. The van der Waals surface area contributed by atoms with Crippen LogP contribution < -0.4 is 0 Å². The second-order valence-electron chi connectivity index (χ2n) is 8.15. The van der Waals surface area contributed by atoms with Crippen LogP contribution in [0, 0.1) is 0 Å². The minimum Gasteiger partial charge on any atom is -0.282 e. The number of hydrogen-bond acceptors (Lipinski definition) is 4. The van der Waals surface area contributed by atoms with Gasteiger partial charge in [-0.1, -0.05) is 33.0 Å². The largest absolute Gasteiger partial charge is 0.282 e. The predicted molar refractivity (Wildman–Crippen MR) is 118 cm³/mol. The fraction of sp³-hybridized carbons (Fsp3) is 0.812. The molecule has 0 radical (unpaired) electrons. The van der Waals surface area contributed by atoms with Crippen LogP contribution in [0.25, 0.3) is 0 Å². The maximum absolute atomic E-state index is 4.70. The van der Waals surface area contributed by atoms with Gasteiger partial charge >= 0.3 is 0 Å². The van der Waals surface area contributed by atoms with Gasteiger partial charge in [0, 0.05) is 59.5 Å². The zero-order valence-corrected chi connectivity index (χ0v) is 18.6. The Balaban J connectivity index is 1.95. The molecule has 0 unspecified atom stereocenters. The molecule has 2 fully saturated rings. The van der Waals surface area contributed by atoms with Crippen molar-refractivity contribution in [1.29, 1.82) is 0 Å². The van der Waals surface area contributed by atoms with Crippen LogP contribution in [0.5, 0.6) is 0 Å². The maximum Gasteiger partial charge on any atom is 0.0163 e. The van der Waals surface area contributed by atoms with Gasteiger partial charge in [-0.3, -0.25) is 18.7 Å². The van der Waals surface area contributed by atoms with Crippen molar-refractivity contribution in [3.05, 3.63) is 0 Å². The van der Waals surface area contributed by atoms with E-state index in [0.717, 1.165) is 52.4 Å². The molecule has 2 saturated heterocycles. The van der Waals surface area contributed by atoms with E-state index in [1.54, 1.807) is 0 Å². The summed E-state index contributed by atoms with van der Waals surface area (Å²) in [6.45, 7) is 21.0. The van der Waals surface area contributed by atoms with Crippen molar-refractivity contribution in [2.45, 2.75) is 0 Å². The lowest BCUT2D eigenvalue weighted by molar-refractivity contribution is 0.252. The van der Waals surface area contributed by atoms with Crippen LogP contribution in [-0.2, 0) is 0 Å². The van der Waals surface area contributed by atoms with Crippen LogP contribution in [0.1, 0.15) is 0 Å². The molecule has 23 heavy (non-hydrogen) atoms. The molecule has 0 bridgehead atoms. The third-order valence-corrected chi connectivity index (χ3v) is 12.3. The fourth-order valence-electron chi connectivity index (χ4n) is 3.49. The average Bonchev–Trinajstić information content (AvgIpc) is 2.46. The average molecular weight is 378 g/mol. The first kappa shape index (κ1) is 20.1.